The van der Waals surface area contributed by atoms with Crippen LogP contribution < -0.4 is 4.74 Å². The van der Waals surface area contributed by atoms with E-state index in [9.17, 15) is 21.6 Å². The molecule has 0 aliphatic heterocycles. The summed E-state index contributed by atoms with van der Waals surface area (Å²) in [6, 6.07) is 3.00. The molecule has 0 aliphatic rings. The number of rotatable bonds is 2. The second-order valence-corrected chi connectivity index (χ2v) is 5.48. The van der Waals surface area contributed by atoms with Gasteiger partial charge in [-0.2, -0.15) is 0 Å². The Balaban J connectivity index is 3.20. The van der Waals surface area contributed by atoms with E-state index < -0.39 is 26.1 Å². The standard InChI is InChI=1S/C8H6ClF3O3S/c1-5-2-3-6(16(9,13)14)4-7(5)15-8(10,11)12/h2-4H,1H3. The Bertz CT molecular complexity index is 496. The highest BCUT2D eigenvalue weighted by Crippen LogP contribution is 2.29. The minimum atomic E-state index is -4.88. The highest BCUT2D eigenvalue weighted by atomic mass is 35.7. The van der Waals surface area contributed by atoms with Gasteiger partial charge in [0.2, 0.25) is 0 Å². The number of hydrogen-bond acceptors (Lipinski definition) is 3. The molecule has 0 fully saturated rings. The van der Waals surface area contributed by atoms with Crippen molar-refractivity contribution in [3.8, 4) is 5.75 Å². The first-order valence-electron chi connectivity index (χ1n) is 3.90. The largest absolute Gasteiger partial charge is 0.573 e. The van der Waals surface area contributed by atoms with Gasteiger partial charge in [-0.3, -0.25) is 0 Å². The Morgan fingerprint density at radius 3 is 2.31 bits per heavy atom. The molecule has 0 aromatic heterocycles. The van der Waals surface area contributed by atoms with Crippen molar-refractivity contribution in [1.82, 2.24) is 0 Å². The number of aryl methyl sites for hydroxylation is 1. The Kier molecular flexibility index (Phi) is 3.39. The van der Waals surface area contributed by atoms with E-state index in [1.807, 2.05) is 0 Å². The van der Waals surface area contributed by atoms with Crippen LogP contribution in [0.3, 0.4) is 0 Å². The number of alkyl halides is 3. The molecule has 0 unspecified atom stereocenters. The monoisotopic (exact) mass is 274 g/mol. The maximum Gasteiger partial charge on any atom is 0.573 e. The quantitative estimate of drug-likeness (QED) is 0.779. The van der Waals surface area contributed by atoms with E-state index in [4.69, 9.17) is 10.7 Å². The van der Waals surface area contributed by atoms with E-state index in [1.165, 1.54) is 13.0 Å². The number of ether oxygens (including phenoxy) is 1. The summed E-state index contributed by atoms with van der Waals surface area (Å²) in [6.45, 7) is 1.35. The van der Waals surface area contributed by atoms with Gasteiger partial charge in [-0.25, -0.2) is 8.42 Å². The minimum Gasteiger partial charge on any atom is -0.405 e. The number of benzene rings is 1. The summed E-state index contributed by atoms with van der Waals surface area (Å²) in [6.07, 6.45) is -4.88. The maximum absolute atomic E-state index is 11.9. The van der Waals surface area contributed by atoms with Crippen molar-refractivity contribution in [3.05, 3.63) is 23.8 Å². The second kappa shape index (κ2) is 4.14. The minimum absolute atomic E-state index is 0.154. The van der Waals surface area contributed by atoms with E-state index in [1.54, 1.807) is 0 Å². The predicted octanol–water partition coefficient (Wildman–Crippen LogP) is 2.82. The molecule has 0 radical (unpaired) electrons. The smallest absolute Gasteiger partial charge is 0.405 e. The zero-order valence-corrected chi connectivity index (χ0v) is 9.45. The molecule has 1 aromatic rings. The molecule has 0 atom stereocenters. The van der Waals surface area contributed by atoms with Crippen molar-refractivity contribution in [2.75, 3.05) is 0 Å². The van der Waals surface area contributed by atoms with E-state index in [0.29, 0.717) is 0 Å². The summed E-state index contributed by atoms with van der Waals surface area (Å²) >= 11 is 0. The summed E-state index contributed by atoms with van der Waals surface area (Å²) in [5.74, 6) is -0.589. The highest BCUT2D eigenvalue weighted by Gasteiger charge is 2.32. The fourth-order valence-electron chi connectivity index (χ4n) is 0.967. The second-order valence-electron chi connectivity index (χ2n) is 2.91. The lowest BCUT2D eigenvalue weighted by atomic mass is 10.2. The summed E-state index contributed by atoms with van der Waals surface area (Å²) < 4.78 is 61.3. The third kappa shape index (κ3) is 3.57. The molecule has 0 heterocycles. The molecule has 0 bridgehead atoms. The summed E-state index contributed by atoms with van der Waals surface area (Å²) in [7, 11) is 0.917. The molecule has 3 nitrogen and oxygen atoms in total. The van der Waals surface area contributed by atoms with Crippen LogP contribution in [0.1, 0.15) is 5.56 Å². The molecule has 0 saturated heterocycles. The van der Waals surface area contributed by atoms with Gasteiger partial charge in [-0.05, 0) is 18.6 Å². The summed E-state index contributed by atoms with van der Waals surface area (Å²) in [5.41, 5.74) is 0.154. The molecule has 0 N–H and O–H groups in total. The third-order valence-electron chi connectivity index (χ3n) is 1.67. The van der Waals surface area contributed by atoms with Crippen LogP contribution in [0, 0.1) is 6.92 Å². The normalized spacial score (nSPS) is 12.6. The number of hydrogen-bond donors (Lipinski definition) is 0. The molecule has 90 valence electrons. The first-order valence-corrected chi connectivity index (χ1v) is 6.21. The Hall–Kier alpha value is -0.950. The van der Waals surface area contributed by atoms with Crippen molar-refractivity contribution in [2.24, 2.45) is 0 Å². The lowest BCUT2D eigenvalue weighted by Gasteiger charge is -2.11. The fraction of sp³-hybridized carbons (Fsp3) is 0.250. The van der Waals surface area contributed by atoms with Crippen molar-refractivity contribution < 1.29 is 26.3 Å². The molecule has 0 saturated carbocycles. The Labute approximate surface area is 94.2 Å². The van der Waals surface area contributed by atoms with Gasteiger partial charge in [-0.15, -0.1) is 13.2 Å². The van der Waals surface area contributed by atoms with Crippen LogP contribution in [0.25, 0.3) is 0 Å². The van der Waals surface area contributed by atoms with Crippen LogP contribution in [0.4, 0.5) is 13.2 Å². The SMILES string of the molecule is Cc1ccc(S(=O)(=O)Cl)cc1OC(F)(F)F. The molecule has 8 heteroatoms. The Morgan fingerprint density at radius 2 is 1.88 bits per heavy atom. The molecule has 16 heavy (non-hydrogen) atoms. The highest BCUT2D eigenvalue weighted by molar-refractivity contribution is 8.13. The summed E-state index contributed by atoms with van der Waals surface area (Å²) in [5, 5.41) is 0. The zero-order valence-electron chi connectivity index (χ0n) is 7.88. The van der Waals surface area contributed by atoms with Crippen molar-refractivity contribution in [1.29, 1.82) is 0 Å². The average Bonchev–Trinajstić information content (AvgIpc) is 2.04. The topological polar surface area (TPSA) is 43.4 Å². The van der Waals surface area contributed by atoms with Gasteiger partial charge >= 0.3 is 6.36 Å². The van der Waals surface area contributed by atoms with Gasteiger partial charge in [0.05, 0.1) is 4.90 Å². The molecule has 0 spiro atoms. The van der Waals surface area contributed by atoms with Crippen LogP contribution in [0.15, 0.2) is 23.1 Å². The lowest BCUT2D eigenvalue weighted by molar-refractivity contribution is -0.274. The molecular weight excluding hydrogens is 269 g/mol. The molecule has 1 aromatic carbocycles. The van der Waals surface area contributed by atoms with Gasteiger partial charge < -0.3 is 4.74 Å². The first kappa shape index (κ1) is 13.1. The van der Waals surface area contributed by atoms with Crippen LogP contribution in [-0.2, 0) is 9.05 Å². The van der Waals surface area contributed by atoms with E-state index in [2.05, 4.69) is 4.74 Å². The molecular formula is C8H6ClF3O3S. The third-order valence-corrected chi connectivity index (χ3v) is 3.02. The lowest BCUT2D eigenvalue weighted by Crippen LogP contribution is -2.18. The van der Waals surface area contributed by atoms with Gasteiger partial charge in [0.15, 0.2) is 0 Å². The molecule has 1 rings (SSSR count). The zero-order chi connectivity index (χ0) is 12.6. The van der Waals surface area contributed by atoms with Crippen LogP contribution >= 0.6 is 10.7 Å². The van der Waals surface area contributed by atoms with Gasteiger partial charge in [0.1, 0.15) is 5.75 Å². The van der Waals surface area contributed by atoms with E-state index in [-0.39, 0.29) is 5.56 Å². The van der Waals surface area contributed by atoms with E-state index >= 15 is 0 Å². The van der Waals surface area contributed by atoms with Gasteiger partial charge in [0, 0.05) is 16.7 Å². The van der Waals surface area contributed by atoms with E-state index in [0.717, 1.165) is 12.1 Å². The van der Waals surface area contributed by atoms with Crippen molar-refractivity contribution >= 4 is 19.7 Å². The maximum atomic E-state index is 11.9. The Morgan fingerprint density at radius 1 is 1.31 bits per heavy atom. The van der Waals surface area contributed by atoms with Crippen molar-refractivity contribution in [3.63, 3.8) is 0 Å². The number of halogens is 4. The van der Waals surface area contributed by atoms with Gasteiger partial charge in [0.25, 0.3) is 9.05 Å². The van der Waals surface area contributed by atoms with Gasteiger partial charge in [-0.1, -0.05) is 6.07 Å². The first-order chi connectivity index (χ1) is 7.09. The molecule has 0 aliphatic carbocycles. The summed E-state index contributed by atoms with van der Waals surface area (Å²) in [4.78, 5) is -0.445. The van der Waals surface area contributed by atoms with Crippen LogP contribution in [0.2, 0.25) is 0 Å². The fourth-order valence-corrected chi connectivity index (χ4v) is 1.73. The van der Waals surface area contributed by atoms with Crippen LogP contribution in [-0.4, -0.2) is 14.8 Å². The van der Waals surface area contributed by atoms with Crippen LogP contribution in [0.5, 0.6) is 5.75 Å². The van der Waals surface area contributed by atoms with Crippen molar-refractivity contribution in [2.45, 2.75) is 18.2 Å². The predicted molar refractivity (Wildman–Crippen MR) is 50.9 cm³/mol. The average molecular weight is 275 g/mol. The molecule has 0 amide bonds.